The molecule has 0 bridgehead atoms. The number of aryl methyl sites for hydroxylation is 1. The van der Waals surface area contributed by atoms with E-state index in [0.29, 0.717) is 5.92 Å². The van der Waals surface area contributed by atoms with Gasteiger partial charge in [-0.05, 0) is 80.6 Å². The third-order valence-electron chi connectivity index (χ3n) is 6.89. The molecule has 4 heterocycles. The van der Waals surface area contributed by atoms with Crippen molar-refractivity contribution in [2.45, 2.75) is 52.5 Å². The van der Waals surface area contributed by atoms with Gasteiger partial charge in [0.05, 0.1) is 17.1 Å². The molecule has 7 heteroatoms. The van der Waals surface area contributed by atoms with Crippen molar-refractivity contribution < 1.29 is 0 Å². The standard InChI is InChI=1S/C24H30N6O/c1-14(2)18-10-22-21(27-24(31)30(22)17-7-6-8-28(5)11-17)9-19(18)20-12-29-23(25-13-26-29)16(4)15(20)3/h9-10,12-14,17H,6-8,11H2,1-5H3,(H,27,31)/t17-/m1/s1. The quantitative estimate of drug-likeness (QED) is 0.545. The number of aromatic nitrogens is 5. The maximum absolute atomic E-state index is 13.0. The van der Waals surface area contributed by atoms with Gasteiger partial charge in [-0.2, -0.15) is 5.10 Å². The van der Waals surface area contributed by atoms with Crippen LogP contribution >= 0.6 is 0 Å². The summed E-state index contributed by atoms with van der Waals surface area (Å²) in [4.78, 5) is 22.8. The summed E-state index contributed by atoms with van der Waals surface area (Å²) in [7, 11) is 2.13. The molecule has 0 aliphatic carbocycles. The van der Waals surface area contributed by atoms with E-state index in [1.54, 1.807) is 6.33 Å². The second-order valence-corrected chi connectivity index (χ2v) is 9.29. The molecule has 0 spiro atoms. The molecule has 1 fully saturated rings. The summed E-state index contributed by atoms with van der Waals surface area (Å²) >= 11 is 0. The first-order chi connectivity index (χ1) is 14.8. The zero-order chi connectivity index (χ0) is 21.9. The number of rotatable bonds is 3. The Morgan fingerprint density at radius 1 is 1.16 bits per heavy atom. The summed E-state index contributed by atoms with van der Waals surface area (Å²) in [6, 6.07) is 4.59. The summed E-state index contributed by atoms with van der Waals surface area (Å²) in [6.45, 7) is 10.7. The molecule has 1 saturated heterocycles. The molecule has 162 valence electrons. The summed E-state index contributed by atoms with van der Waals surface area (Å²) in [5.41, 5.74) is 8.62. The molecular formula is C24H30N6O. The molecule has 3 aromatic heterocycles. The Balaban J connectivity index is 1.75. The molecule has 0 saturated carbocycles. The lowest BCUT2D eigenvalue weighted by molar-refractivity contribution is 0.212. The first-order valence-electron chi connectivity index (χ1n) is 11.1. The lowest BCUT2D eigenvalue weighted by atomic mass is 9.89. The molecular weight excluding hydrogens is 388 g/mol. The zero-order valence-corrected chi connectivity index (χ0v) is 18.9. The highest BCUT2D eigenvalue weighted by Crippen LogP contribution is 2.36. The van der Waals surface area contributed by atoms with Crippen molar-refractivity contribution in [2.24, 2.45) is 0 Å². The van der Waals surface area contributed by atoms with Crippen molar-refractivity contribution in [2.75, 3.05) is 20.1 Å². The minimum absolute atomic E-state index is 0.0122. The topological polar surface area (TPSA) is 71.2 Å². The van der Waals surface area contributed by atoms with E-state index in [4.69, 9.17) is 0 Å². The number of hydrogen-bond acceptors (Lipinski definition) is 4. The number of fused-ring (bicyclic) bond motifs is 2. The van der Waals surface area contributed by atoms with Gasteiger partial charge >= 0.3 is 5.69 Å². The van der Waals surface area contributed by atoms with E-state index in [1.807, 2.05) is 9.08 Å². The second kappa shape index (κ2) is 7.34. The Morgan fingerprint density at radius 3 is 2.71 bits per heavy atom. The van der Waals surface area contributed by atoms with Crippen molar-refractivity contribution in [3.63, 3.8) is 0 Å². The maximum Gasteiger partial charge on any atom is 0.326 e. The average Bonchev–Trinajstić information content (AvgIpc) is 3.32. The van der Waals surface area contributed by atoms with E-state index in [1.165, 1.54) is 11.1 Å². The van der Waals surface area contributed by atoms with Crippen LogP contribution in [0.1, 0.15) is 55.3 Å². The average molecular weight is 419 g/mol. The van der Waals surface area contributed by atoms with Crippen LogP contribution in [0, 0.1) is 13.8 Å². The molecule has 5 rings (SSSR count). The molecule has 4 aromatic rings. The number of nitrogens with one attached hydrogen (secondary N) is 1. The highest BCUT2D eigenvalue weighted by Gasteiger charge is 2.24. The third-order valence-corrected chi connectivity index (χ3v) is 6.89. The first kappa shape index (κ1) is 20.0. The van der Waals surface area contributed by atoms with Gasteiger partial charge in [-0.1, -0.05) is 13.8 Å². The largest absolute Gasteiger partial charge is 0.326 e. The predicted octanol–water partition coefficient (Wildman–Crippen LogP) is 4.05. The summed E-state index contributed by atoms with van der Waals surface area (Å²) < 4.78 is 3.83. The Bertz CT molecular complexity index is 1340. The number of aromatic amines is 1. The predicted molar refractivity (Wildman–Crippen MR) is 124 cm³/mol. The van der Waals surface area contributed by atoms with Crippen molar-refractivity contribution >= 4 is 16.7 Å². The van der Waals surface area contributed by atoms with Crippen molar-refractivity contribution in [1.82, 2.24) is 29.0 Å². The number of pyridine rings is 1. The number of imidazole rings is 1. The van der Waals surface area contributed by atoms with Crippen molar-refractivity contribution in [1.29, 1.82) is 0 Å². The van der Waals surface area contributed by atoms with Gasteiger partial charge in [0.1, 0.15) is 6.33 Å². The fourth-order valence-corrected chi connectivity index (χ4v) is 5.09. The van der Waals surface area contributed by atoms with Crippen LogP contribution in [0.4, 0.5) is 0 Å². The van der Waals surface area contributed by atoms with E-state index in [-0.39, 0.29) is 11.7 Å². The van der Waals surface area contributed by atoms with Crippen LogP contribution in [0.15, 0.2) is 29.5 Å². The van der Waals surface area contributed by atoms with Crippen molar-refractivity contribution in [3.05, 3.63) is 51.8 Å². The number of likely N-dealkylation sites (tertiary alicyclic amines) is 1. The van der Waals surface area contributed by atoms with E-state index in [0.717, 1.165) is 59.3 Å². The molecule has 0 amide bonds. The van der Waals surface area contributed by atoms with Crippen LogP contribution < -0.4 is 5.69 Å². The molecule has 7 nitrogen and oxygen atoms in total. The fourth-order valence-electron chi connectivity index (χ4n) is 5.09. The van der Waals surface area contributed by atoms with Crippen LogP contribution in [-0.2, 0) is 0 Å². The normalized spacial score (nSPS) is 17.9. The fraction of sp³-hybridized carbons (Fsp3) is 0.458. The van der Waals surface area contributed by atoms with Crippen LogP contribution in [0.2, 0.25) is 0 Å². The number of H-pyrrole nitrogens is 1. The minimum atomic E-state index is -0.0122. The van der Waals surface area contributed by atoms with Gasteiger partial charge in [0.25, 0.3) is 0 Å². The van der Waals surface area contributed by atoms with E-state index < -0.39 is 0 Å². The van der Waals surface area contributed by atoms with Gasteiger partial charge in [-0.25, -0.2) is 14.3 Å². The monoisotopic (exact) mass is 418 g/mol. The van der Waals surface area contributed by atoms with Crippen LogP contribution in [0.5, 0.6) is 0 Å². The van der Waals surface area contributed by atoms with E-state index >= 15 is 0 Å². The number of likely N-dealkylation sites (N-methyl/N-ethyl adjacent to an activating group) is 1. The summed E-state index contributed by atoms with van der Waals surface area (Å²) in [5, 5.41) is 4.37. The Hall–Kier alpha value is -2.93. The molecule has 1 atom stereocenters. The molecule has 31 heavy (non-hydrogen) atoms. The maximum atomic E-state index is 13.0. The molecule has 1 N–H and O–H groups in total. The van der Waals surface area contributed by atoms with E-state index in [2.05, 4.69) is 73.0 Å². The van der Waals surface area contributed by atoms with Gasteiger partial charge in [-0.3, -0.25) is 4.57 Å². The van der Waals surface area contributed by atoms with E-state index in [9.17, 15) is 4.79 Å². The lowest BCUT2D eigenvalue weighted by Crippen LogP contribution is -2.36. The first-order valence-corrected chi connectivity index (χ1v) is 11.1. The molecule has 1 aliphatic heterocycles. The highest BCUT2D eigenvalue weighted by molar-refractivity contribution is 5.86. The highest BCUT2D eigenvalue weighted by atomic mass is 16.1. The number of benzene rings is 1. The number of nitrogens with zero attached hydrogens (tertiary/aromatic N) is 5. The molecule has 1 aliphatic rings. The lowest BCUT2D eigenvalue weighted by Gasteiger charge is -2.30. The summed E-state index contributed by atoms with van der Waals surface area (Å²) in [5.74, 6) is 0.318. The second-order valence-electron chi connectivity index (χ2n) is 9.29. The smallest absolute Gasteiger partial charge is 0.306 e. The Labute approximate surface area is 181 Å². The SMILES string of the molecule is Cc1c(-c2cc3[nH]c(=O)n([C@@H]4CCCN(C)C4)c3cc2C(C)C)cn2ncnc2c1C. The van der Waals surface area contributed by atoms with Crippen molar-refractivity contribution in [3.8, 4) is 11.1 Å². The van der Waals surface area contributed by atoms with Gasteiger partial charge in [-0.15, -0.1) is 0 Å². The Morgan fingerprint density at radius 2 is 1.97 bits per heavy atom. The van der Waals surface area contributed by atoms with Gasteiger partial charge in [0.15, 0.2) is 5.65 Å². The number of piperidine rings is 1. The molecule has 1 aromatic carbocycles. The van der Waals surface area contributed by atoms with Gasteiger partial charge in [0, 0.05) is 18.3 Å². The van der Waals surface area contributed by atoms with Gasteiger partial charge < -0.3 is 9.88 Å². The molecule has 0 radical (unpaired) electrons. The number of hydrogen-bond donors (Lipinski definition) is 1. The van der Waals surface area contributed by atoms with Crippen LogP contribution in [-0.4, -0.2) is 49.2 Å². The zero-order valence-electron chi connectivity index (χ0n) is 18.9. The minimum Gasteiger partial charge on any atom is -0.306 e. The molecule has 0 unspecified atom stereocenters. The summed E-state index contributed by atoms with van der Waals surface area (Å²) in [6.07, 6.45) is 5.81. The van der Waals surface area contributed by atoms with Crippen LogP contribution in [0.3, 0.4) is 0 Å². The third kappa shape index (κ3) is 3.19. The van der Waals surface area contributed by atoms with Crippen LogP contribution in [0.25, 0.3) is 27.8 Å². The van der Waals surface area contributed by atoms with Gasteiger partial charge in [0.2, 0.25) is 0 Å². The Kier molecular flexibility index (Phi) is 4.73.